The van der Waals surface area contributed by atoms with Gasteiger partial charge in [-0.15, -0.1) is 0 Å². The molecule has 4 aliphatic rings. The average molecular weight is 645 g/mol. The molecule has 8 atom stereocenters. The molecule has 0 spiro atoms. The summed E-state index contributed by atoms with van der Waals surface area (Å²) in [6, 6.07) is 0. The fourth-order valence-corrected chi connectivity index (χ4v) is 26.1. The molecule has 0 saturated heterocycles. The van der Waals surface area contributed by atoms with Gasteiger partial charge in [0.2, 0.25) is 0 Å². The molecule has 0 bridgehead atoms. The predicted octanol–water partition coefficient (Wildman–Crippen LogP) is 6.71. The van der Waals surface area contributed by atoms with Crippen LogP contribution in [-0.2, 0) is 19.2 Å². The van der Waals surface area contributed by atoms with E-state index in [-0.39, 0.29) is 23.7 Å². The van der Waals surface area contributed by atoms with Crippen LogP contribution in [-0.4, -0.2) is 91.6 Å². The third-order valence-corrected chi connectivity index (χ3v) is 27.1. The Bertz CT molecular complexity index is 875. The number of hydrogen-bond acceptors (Lipinski definition) is 4. The van der Waals surface area contributed by atoms with Crippen molar-refractivity contribution in [2.24, 2.45) is 23.7 Å². The van der Waals surface area contributed by atoms with Crippen LogP contribution in [0.1, 0.15) is 110 Å². The Morgan fingerprint density at radius 3 is 0.907 bits per heavy atom. The molecule has 4 fully saturated rings. The molecule has 43 heavy (non-hydrogen) atoms. The molecule has 4 rings (SSSR count). The second-order valence-corrected chi connectivity index (χ2v) is 25.2. The number of aliphatic carboxylic acids is 4. The molecule has 0 heterocycles. The van der Waals surface area contributed by atoms with Crippen LogP contribution in [0.2, 0.25) is 0 Å². The molecule has 4 N–H and O–H groups in total. The summed E-state index contributed by atoms with van der Waals surface area (Å²) < 4.78 is 0. The van der Waals surface area contributed by atoms with Gasteiger partial charge in [0.05, 0.1) is 0 Å². The summed E-state index contributed by atoms with van der Waals surface area (Å²) in [6.07, 6.45) is 17.5. The number of carbonyl (C=O) groups is 4. The van der Waals surface area contributed by atoms with E-state index < -0.39 is 38.4 Å². The summed E-state index contributed by atoms with van der Waals surface area (Å²) in [6.45, 7) is 4.47. The first-order valence-corrected chi connectivity index (χ1v) is 22.5. The van der Waals surface area contributed by atoms with Crippen LogP contribution in [0.5, 0.6) is 0 Å². The van der Waals surface area contributed by atoms with Crippen LogP contribution in [0.25, 0.3) is 0 Å². The zero-order chi connectivity index (χ0) is 31.4. The SMILES string of the molecule is CCC[PH](CCC[PH](CCC)(C1CCC(C(=O)O)C1)C1CCC(C(=O)O)C1)(C1CCC(C(=O)O)C1)C1CCC(C(=O)O)C1. The zero-order valence-electron chi connectivity index (χ0n) is 26.5. The first kappa shape index (κ1) is 34.6. The van der Waals surface area contributed by atoms with Gasteiger partial charge in [-0.05, 0) is 0 Å². The molecule has 0 amide bonds. The predicted molar refractivity (Wildman–Crippen MR) is 176 cm³/mol. The second kappa shape index (κ2) is 14.9. The van der Waals surface area contributed by atoms with E-state index in [1.165, 1.54) is 0 Å². The Labute approximate surface area is 258 Å². The van der Waals surface area contributed by atoms with E-state index in [4.69, 9.17) is 0 Å². The summed E-state index contributed by atoms with van der Waals surface area (Å²) in [5.41, 5.74) is 1.72. The second-order valence-electron chi connectivity index (χ2n) is 15.0. The normalized spacial score (nSPS) is 33.9. The molecule has 8 unspecified atom stereocenters. The maximum absolute atomic E-state index is 12.0. The Kier molecular flexibility index (Phi) is 12.0. The average Bonchev–Trinajstić information content (AvgIpc) is 3.78. The molecule has 248 valence electrons. The molecule has 0 aromatic heterocycles. The van der Waals surface area contributed by atoms with Gasteiger partial charge in [0.15, 0.2) is 0 Å². The van der Waals surface area contributed by atoms with E-state index in [0.29, 0.717) is 22.6 Å². The third-order valence-electron chi connectivity index (χ3n) is 13.1. The molecule has 8 nitrogen and oxygen atoms in total. The minimum absolute atomic E-state index is 0.281. The van der Waals surface area contributed by atoms with E-state index in [1.807, 2.05) is 0 Å². The Hall–Kier alpha value is -1.26. The Balaban J connectivity index is 1.63. The van der Waals surface area contributed by atoms with Crippen molar-refractivity contribution in [3.63, 3.8) is 0 Å². The van der Waals surface area contributed by atoms with Gasteiger partial charge in [-0.1, -0.05) is 0 Å². The number of hydrogen-bond donors (Lipinski definition) is 4. The van der Waals surface area contributed by atoms with Crippen molar-refractivity contribution >= 4 is 38.4 Å². The van der Waals surface area contributed by atoms with Crippen molar-refractivity contribution in [1.82, 2.24) is 0 Å². The molecule has 0 aromatic carbocycles. The van der Waals surface area contributed by atoms with Crippen LogP contribution in [0.15, 0.2) is 0 Å². The number of carboxylic acids is 4. The molecule has 0 radical (unpaired) electrons. The molecule has 0 aliphatic heterocycles. The first-order chi connectivity index (χ1) is 20.5. The van der Waals surface area contributed by atoms with Gasteiger partial charge in [-0.3, -0.25) is 0 Å². The Morgan fingerprint density at radius 2 is 0.721 bits per heavy atom. The van der Waals surface area contributed by atoms with Gasteiger partial charge < -0.3 is 0 Å². The topological polar surface area (TPSA) is 149 Å². The maximum atomic E-state index is 12.0. The van der Waals surface area contributed by atoms with Gasteiger partial charge in [-0.2, -0.15) is 0 Å². The zero-order valence-corrected chi connectivity index (χ0v) is 28.5. The van der Waals surface area contributed by atoms with E-state index in [9.17, 15) is 39.6 Å². The van der Waals surface area contributed by atoms with Crippen LogP contribution in [0.4, 0.5) is 0 Å². The molecular weight excluding hydrogens is 586 g/mol. The van der Waals surface area contributed by atoms with Gasteiger partial charge in [-0.25, -0.2) is 0 Å². The summed E-state index contributed by atoms with van der Waals surface area (Å²) in [5.74, 6) is -3.87. The van der Waals surface area contributed by atoms with E-state index >= 15 is 0 Å². The first-order valence-electron chi connectivity index (χ1n) is 17.4. The fourth-order valence-electron chi connectivity index (χ4n) is 11.1. The van der Waals surface area contributed by atoms with E-state index in [2.05, 4.69) is 13.8 Å². The van der Waals surface area contributed by atoms with Crippen molar-refractivity contribution in [2.45, 2.75) is 133 Å². The van der Waals surface area contributed by atoms with Crippen molar-refractivity contribution in [1.29, 1.82) is 0 Å². The van der Waals surface area contributed by atoms with Crippen LogP contribution in [0, 0.1) is 23.7 Å². The van der Waals surface area contributed by atoms with Crippen LogP contribution in [0.3, 0.4) is 0 Å². The van der Waals surface area contributed by atoms with Gasteiger partial charge in [0.1, 0.15) is 0 Å². The van der Waals surface area contributed by atoms with Gasteiger partial charge in [0, 0.05) is 0 Å². The Morgan fingerprint density at radius 1 is 0.465 bits per heavy atom. The summed E-state index contributed by atoms with van der Waals surface area (Å²) in [7, 11) is -4.12. The number of carboxylic acid groups (broad SMARTS) is 4. The standard InChI is InChI=1S/C33H58O8P2/c1-3-14-42(26-10-6-22(18-26)30(34)35,27-11-7-23(19-27)31(36)37)16-5-17-43(15-4-2,28-12-8-24(20-28)32(38)39)29-13-9-25(21-29)33(40)41/h22-29,42-43H,3-21H2,1-2H3,(H,34,35)(H,36,37)(H,38,39)(H,40,41). The molecule has 4 saturated carbocycles. The molecule has 0 aromatic rings. The summed E-state index contributed by atoms with van der Waals surface area (Å²) in [4.78, 5) is 48.1. The van der Waals surface area contributed by atoms with Gasteiger partial charge in [0.25, 0.3) is 0 Å². The van der Waals surface area contributed by atoms with Crippen molar-refractivity contribution in [2.75, 3.05) is 24.6 Å². The van der Waals surface area contributed by atoms with Crippen LogP contribution >= 0.6 is 14.5 Å². The van der Waals surface area contributed by atoms with Crippen molar-refractivity contribution in [3.05, 3.63) is 0 Å². The van der Waals surface area contributed by atoms with Gasteiger partial charge >= 0.3 is 259 Å². The minimum atomic E-state index is -2.06. The molecular formula is C33H58O8P2. The summed E-state index contributed by atoms with van der Waals surface area (Å²) in [5, 5.41) is 39.5. The van der Waals surface area contributed by atoms with Crippen LogP contribution < -0.4 is 0 Å². The molecule has 10 heteroatoms. The van der Waals surface area contributed by atoms with E-state index in [0.717, 1.165) is 121 Å². The fraction of sp³-hybridized carbons (Fsp3) is 0.879. The third kappa shape index (κ3) is 7.43. The summed E-state index contributed by atoms with van der Waals surface area (Å²) >= 11 is 0. The van der Waals surface area contributed by atoms with Crippen molar-refractivity contribution < 1.29 is 39.6 Å². The number of rotatable bonds is 16. The quantitative estimate of drug-likeness (QED) is 0.136. The van der Waals surface area contributed by atoms with Crippen molar-refractivity contribution in [3.8, 4) is 0 Å². The monoisotopic (exact) mass is 644 g/mol. The van der Waals surface area contributed by atoms with E-state index in [1.54, 1.807) is 0 Å². The molecule has 4 aliphatic carbocycles.